The van der Waals surface area contributed by atoms with E-state index in [1.165, 1.54) is 0 Å². The SMILES string of the molecule is Cc1cccnc1C(=O)NCC(O)c1ccc(N)cc1. The molecule has 0 spiro atoms. The van der Waals surface area contributed by atoms with Crippen molar-refractivity contribution in [3.8, 4) is 0 Å². The summed E-state index contributed by atoms with van der Waals surface area (Å²) in [5.41, 5.74) is 8.09. The molecule has 1 unspecified atom stereocenters. The molecule has 0 saturated carbocycles. The van der Waals surface area contributed by atoms with E-state index in [1.807, 2.05) is 13.0 Å². The molecule has 0 bridgehead atoms. The summed E-state index contributed by atoms with van der Waals surface area (Å²) in [5.74, 6) is -0.294. The van der Waals surface area contributed by atoms with Crippen molar-refractivity contribution in [1.82, 2.24) is 10.3 Å². The van der Waals surface area contributed by atoms with Crippen molar-refractivity contribution in [2.45, 2.75) is 13.0 Å². The van der Waals surface area contributed by atoms with Crippen molar-refractivity contribution in [1.29, 1.82) is 0 Å². The summed E-state index contributed by atoms with van der Waals surface area (Å²) in [6.07, 6.45) is 0.793. The molecule has 1 amide bonds. The van der Waals surface area contributed by atoms with Crippen molar-refractivity contribution in [2.24, 2.45) is 0 Å². The molecular formula is C15H17N3O2. The number of aliphatic hydroxyl groups is 1. The lowest BCUT2D eigenvalue weighted by Gasteiger charge is -2.13. The summed E-state index contributed by atoms with van der Waals surface area (Å²) in [4.78, 5) is 16.0. The molecule has 0 aliphatic rings. The van der Waals surface area contributed by atoms with Crippen LogP contribution in [0.4, 0.5) is 5.69 Å². The Hall–Kier alpha value is -2.40. The van der Waals surface area contributed by atoms with Gasteiger partial charge in [-0.3, -0.25) is 9.78 Å². The largest absolute Gasteiger partial charge is 0.399 e. The third-order valence-electron chi connectivity index (χ3n) is 3.00. The van der Waals surface area contributed by atoms with Crippen LogP contribution < -0.4 is 11.1 Å². The van der Waals surface area contributed by atoms with Crippen molar-refractivity contribution in [3.63, 3.8) is 0 Å². The number of anilines is 1. The Labute approximate surface area is 117 Å². The molecule has 1 aromatic carbocycles. The minimum absolute atomic E-state index is 0.124. The van der Waals surface area contributed by atoms with Crippen molar-refractivity contribution in [3.05, 3.63) is 59.4 Å². The first-order valence-electron chi connectivity index (χ1n) is 6.31. The minimum Gasteiger partial charge on any atom is -0.399 e. The van der Waals surface area contributed by atoms with Crippen molar-refractivity contribution < 1.29 is 9.90 Å². The number of amides is 1. The van der Waals surface area contributed by atoms with E-state index in [1.54, 1.807) is 36.5 Å². The van der Waals surface area contributed by atoms with Crippen LogP contribution in [0.1, 0.15) is 27.7 Å². The zero-order chi connectivity index (χ0) is 14.5. The first-order chi connectivity index (χ1) is 9.58. The predicted molar refractivity (Wildman–Crippen MR) is 77.1 cm³/mol. The molecule has 0 saturated heterocycles. The minimum atomic E-state index is -0.774. The van der Waals surface area contributed by atoms with Crippen LogP contribution in [0.3, 0.4) is 0 Å². The Bertz CT molecular complexity index is 596. The Balaban J connectivity index is 1.97. The zero-order valence-electron chi connectivity index (χ0n) is 11.2. The van der Waals surface area contributed by atoms with Crippen LogP contribution in [-0.4, -0.2) is 22.5 Å². The van der Waals surface area contributed by atoms with Gasteiger partial charge in [0.2, 0.25) is 0 Å². The van der Waals surface area contributed by atoms with E-state index in [0.717, 1.165) is 5.56 Å². The number of nitrogens with one attached hydrogen (secondary N) is 1. The maximum Gasteiger partial charge on any atom is 0.270 e. The average Bonchev–Trinajstić information content (AvgIpc) is 2.45. The summed E-state index contributed by atoms with van der Waals surface area (Å²) < 4.78 is 0. The summed E-state index contributed by atoms with van der Waals surface area (Å²) in [6.45, 7) is 1.94. The summed E-state index contributed by atoms with van der Waals surface area (Å²) in [6, 6.07) is 10.5. The van der Waals surface area contributed by atoms with Gasteiger partial charge in [-0.1, -0.05) is 18.2 Å². The quantitative estimate of drug-likeness (QED) is 0.734. The molecule has 0 radical (unpaired) electrons. The van der Waals surface area contributed by atoms with Crippen LogP contribution in [0.5, 0.6) is 0 Å². The van der Waals surface area contributed by atoms with Crippen LogP contribution in [0.25, 0.3) is 0 Å². The van der Waals surface area contributed by atoms with Crippen LogP contribution in [0.15, 0.2) is 42.6 Å². The van der Waals surface area contributed by atoms with E-state index >= 15 is 0 Å². The van der Waals surface area contributed by atoms with Gasteiger partial charge in [-0.05, 0) is 36.2 Å². The van der Waals surface area contributed by atoms with Gasteiger partial charge < -0.3 is 16.2 Å². The number of hydrogen-bond acceptors (Lipinski definition) is 4. The van der Waals surface area contributed by atoms with E-state index in [0.29, 0.717) is 16.9 Å². The highest BCUT2D eigenvalue weighted by atomic mass is 16.3. The molecule has 1 aromatic heterocycles. The number of carbonyl (C=O) groups excluding carboxylic acids is 1. The standard InChI is InChI=1S/C15H17N3O2/c1-10-3-2-8-17-14(10)15(20)18-9-13(19)11-4-6-12(16)7-5-11/h2-8,13,19H,9,16H2,1H3,(H,18,20). The normalized spacial score (nSPS) is 11.9. The molecule has 2 aromatic rings. The lowest BCUT2D eigenvalue weighted by atomic mass is 10.1. The number of rotatable bonds is 4. The highest BCUT2D eigenvalue weighted by molar-refractivity contribution is 5.93. The van der Waals surface area contributed by atoms with Crippen LogP contribution >= 0.6 is 0 Å². The monoisotopic (exact) mass is 271 g/mol. The van der Waals surface area contributed by atoms with E-state index < -0.39 is 6.10 Å². The number of aromatic nitrogens is 1. The maximum absolute atomic E-state index is 12.0. The molecule has 5 heteroatoms. The van der Waals surface area contributed by atoms with Gasteiger partial charge in [0.1, 0.15) is 5.69 Å². The maximum atomic E-state index is 12.0. The fraction of sp³-hybridized carbons (Fsp3) is 0.200. The van der Waals surface area contributed by atoms with E-state index in [4.69, 9.17) is 5.73 Å². The molecule has 1 atom stereocenters. The van der Waals surface area contributed by atoms with Crippen molar-refractivity contribution in [2.75, 3.05) is 12.3 Å². The van der Waals surface area contributed by atoms with Gasteiger partial charge in [0, 0.05) is 18.4 Å². The molecule has 104 valence electrons. The second-order valence-corrected chi connectivity index (χ2v) is 4.56. The van der Waals surface area contributed by atoms with E-state index in [2.05, 4.69) is 10.3 Å². The summed E-state index contributed by atoms with van der Waals surface area (Å²) in [5, 5.41) is 12.7. The second-order valence-electron chi connectivity index (χ2n) is 4.56. The fourth-order valence-electron chi connectivity index (χ4n) is 1.83. The third-order valence-corrected chi connectivity index (χ3v) is 3.00. The number of nitrogens with two attached hydrogens (primary N) is 1. The van der Waals surface area contributed by atoms with Gasteiger partial charge in [-0.15, -0.1) is 0 Å². The molecule has 1 heterocycles. The Kier molecular flexibility index (Phi) is 4.32. The molecule has 0 aliphatic heterocycles. The first-order valence-corrected chi connectivity index (χ1v) is 6.31. The predicted octanol–water partition coefficient (Wildman–Crippen LogP) is 1.44. The molecule has 0 fully saturated rings. The van der Waals surface area contributed by atoms with E-state index in [-0.39, 0.29) is 12.5 Å². The number of nitrogen functional groups attached to an aromatic ring is 1. The topological polar surface area (TPSA) is 88.2 Å². The molecule has 2 rings (SSSR count). The summed E-state index contributed by atoms with van der Waals surface area (Å²) in [7, 11) is 0. The number of carbonyl (C=O) groups is 1. The van der Waals surface area contributed by atoms with Crippen molar-refractivity contribution >= 4 is 11.6 Å². The number of pyridine rings is 1. The average molecular weight is 271 g/mol. The van der Waals surface area contributed by atoms with E-state index in [9.17, 15) is 9.90 Å². The number of benzene rings is 1. The number of nitrogens with zero attached hydrogens (tertiary/aromatic N) is 1. The third kappa shape index (κ3) is 3.33. The molecular weight excluding hydrogens is 254 g/mol. The van der Waals surface area contributed by atoms with Gasteiger partial charge in [0.05, 0.1) is 6.10 Å². The lowest BCUT2D eigenvalue weighted by molar-refractivity contribution is 0.0910. The molecule has 0 aliphatic carbocycles. The molecule has 4 N–H and O–H groups in total. The van der Waals surface area contributed by atoms with Gasteiger partial charge in [-0.2, -0.15) is 0 Å². The Morgan fingerprint density at radius 1 is 1.35 bits per heavy atom. The van der Waals surface area contributed by atoms with Gasteiger partial charge in [0.15, 0.2) is 0 Å². The smallest absolute Gasteiger partial charge is 0.270 e. The Morgan fingerprint density at radius 3 is 2.70 bits per heavy atom. The van der Waals surface area contributed by atoms with Crippen LogP contribution in [-0.2, 0) is 0 Å². The van der Waals surface area contributed by atoms with Gasteiger partial charge in [-0.25, -0.2) is 0 Å². The van der Waals surface area contributed by atoms with Crippen LogP contribution in [0, 0.1) is 6.92 Å². The number of aryl methyl sites for hydroxylation is 1. The fourth-order valence-corrected chi connectivity index (χ4v) is 1.83. The Morgan fingerprint density at radius 2 is 2.05 bits per heavy atom. The number of aliphatic hydroxyl groups excluding tert-OH is 1. The highest BCUT2D eigenvalue weighted by Crippen LogP contribution is 2.14. The first kappa shape index (κ1) is 14.0. The zero-order valence-corrected chi connectivity index (χ0v) is 11.2. The molecule has 20 heavy (non-hydrogen) atoms. The highest BCUT2D eigenvalue weighted by Gasteiger charge is 2.13. The van der Waals surface area contributed by atoms with Crippen LogP contribution in [0.2, 0.25) is 0 Å². The number of hydrogen-bond donors (Lipinski definition) is 3. The molecule has 5 nitrogen and oxygen atoms in total. The second kappa shape index (κ2) is 6.16. The van der Waals surface area contributed by atoms with Gasteiger partial charge in [0.25, 0.3) is 5.91 Å². The van der Waals surface area contributed by atoms with Gasteiger partial charge >= 0.3 is 0 Å². The lowest BCUT2D eigenvalue weighted by Crippen LogP contribution is -2.29. The summed E-state index contributed by atoms with van der Waals surface area (Å²) >= 11 is 0.